The van der Waals surface area contributed by atoms with Crippen LogP contribution in [0.3, 0.4) is 0 Å². The second kappa shape index (κ2) is 10.7. The lowest BCUT2D eigenvalue weighted by molar-refractivity contribution is -0.115. The van der Waals surface area contributed by atoms with Gasteiger partial charge in [-0.3, -0.25) is 14.9 Å². The maximum absolute atomic E-state index is 12.3. The Morgan fingerprint density at radius 1 is 1.12 bits per heavy atom. The van der Waals surface area contributed by atoms with Gasteiger partial charge in [0.1, 0.15) is 10.8 Å². The van der Waals surface area contributed by atoms with E-state index in [-0.39, 0.29) is 5.11 Å². The smallest absolute Gasteiger partial charge is 0.251 e. The van der Waals surface area contributed by atoms with Crippen molar-refractivity contribution in [3.8, 4) is 5.75 Å². The Hall–Kier alpha value is -3.49. The summed E-state index contributed by atoms with van der Waals surface area (Å²) < 4.78 is 5.27. The molecule has 0 saturated heterocycles. The second-order valence-electron chi connectivity index (χ2n) is 6.90. The molecule has 0 spiro atoms. The minimum atomic E-state index is -0.550. The van der Waals surface area contributed by atoms with Gasteiger partial charge in [-0.25, -0.2) is 0 Å². The normalized spacial score (nSPS) is 10.7. The molecule has 0 aliphatic carbocycles. The molecule has 2 amide bonds. The number of methoxy groups -OCH3 is 1. The number of nitrogens with two attached hydrogens (primary N) is 1. The molecule has 0 saturated carbocycles. The third kappa shape index (κ3) is 5.81. The Kier molecular flexibility index (Phi) is 7.75. The minimum Gasteiger partial charge on any atom is -0.496 e. The summed E-state index contributed by atoms with van der Waals surface area (Å²) in [6.07, 6.45) is 3.67. The Balaban J connectivity index is 1.71. The van der Waals surface area contributed by atoms with Crippen LogP contribution >= 0.6 is 23.6 Å². The molecular weight excluding hydrogens is 442 g/mol. The number of ether oxygens (including phenoxy) is 1. The molecule has 3 rings (SSSR count). The summed E-state index contributed by atoms with van der Waals surface area (Å²) in [7, 11) is 1.57. The number of benzene rings is 2. The highest BCUT2D eigenvalue weighted by Gasteiger charge is 2.20. The summed E-state index contributed by atoms with van der Waals surface area (Å²) in [4.78, 5) is 25.4. The fourth-order valence-corrected chi connectivity index (χ4v) is 4.67. The Bertz CT molecular complexity index is 1170. The topological polar surface area (TPSA) is 93.4 Å². The minimum absolute atomic E-state index is 0.0784. The number of nitrogens with one attached hydrogen (secondary N) is 2. The van der Waals surface area contributed by atoms with Crippen LogP contribution in [0.25, 0.3) is 6.08 Å². The second-order valence-corrected chi connectivity index (χ2v) is 8.41. The number of primary amides is 1. The Labute approximate surface area is 196 Å². The molecular formula is C24H23N3O3S2. The first-order chi connectivity index (χ1) is 15.4. The van der Waals surface area contributed by atoms with Gasteiger partial charge < -0.3 is 15.8 Å². The predicted molar refractivity (Wildman–Crippen MR) is 133 cm³/mol. The molecule has 6 nitrogen and oxygen atoms in total. The molecule has 0 radical (unpaired) electrons. The van der Waals surface area contributed by atoms with E-state index in [1.807, 2.05) is 55.5 Å². The van der Waals surface area contributed by atoms with E-state index >= 15 is 0 Å². The number of rotatable bonds is 7. The number of hydrogen-bond donors (Lipinski definition) is 3. The van der Waals surface area contributed by atoms with E-state index in [0.717, 1.165) is 21.6 Å². The van der Waals surface area contributed by atoms with Crippen molar-refractivity contribution >= 4 is 51.6 Å². The molecule has 0 atom stereocenters. The van der Waals surface area contributed by atoms with Gasteiger partial charge in [0.15, 0.2) is 5.11 Å². The van der Waals surface area contributed by atoms with E-state index in [4.69, 9.17) is 22.7 Å². The van der Waals surface area contributed by atoms with Gasteiger partial charge in [0, 0.05) is 22.9 Å². The van der Waals surface area contributed by atoms with Crippen molar-refractivity contribution in [1.29, 1.82) is 0 Å². The lowest BCUT2D eigenvalue weighted by Crippen LogP contribution is -2.33. The van der Waals surface area contributed by atoms with Crippen LogP contribution in [0.15, 0.2) is 60.7 Å². The van der Waals surface area contributed by atoms with Crippen LogP contribution in [0.4, 0.5) is 5.00 Å². The van der Waals surface area contributed by atoms with Gasteiger partial charge in [-0.1, -0.05) is 48.5 Å². The van der Waals surface area contributed by atoms with Gasteiger partial charge >= 0.3 is 0 Å². The predicted octanol–water partition coefficient (Wildman–Crippen LogP) is 4.28. The molecule has 4 N–H and O–H groups in total. The SMILES string of the molecule is COc1ccccc1C=CC(=O)NC(=S)Nc1sc(Cc2ccccc2)c(C)c1C(N)=O. The highest BCUT2D eigenvalue weighted by atomic mass is 32.1. The van der Waals surface area contributed by atoms with Crippen LogP contribution < -0.4 is 21.1 Å². The van der Waals surface area contributed by atoms with E-state index in [1.54, 1.807) is 19.3 Å². The van der Waals surface area contributed by atoms with E-state index in [0.29, 0.717) is 22.7 Å². The lowest BCUT2D eigenvalue weighted by atomic mass is 10.1. The molecule has 32 heavy (non-hydrogen) atoms. The highest BCUT2D eigenvalue weighted by Crippen LogP contribution is 2.34. The molecule has 0 fully saturated rings. The maximum Gasteiger partial charge on any atom is 0.251 e. The number of carbonyl (C=O) groups excluding carboxylic acids is 2. The standard InChI is InChI=1S/C24H23N3O3S2/c1-15-19(14-16-8-4-3-5-9-16)32-23(21(15)22(25)29)27-24(31)26-20(28)13-12-17-10-6-7-11-18(17)30-2/h3-13H,14H2,1-2H3,(H2,25,29)(H2,26,27,28,31). The van der Waals surface area contributed by atoms with Crippen molar-refractivity contribution in [3.63, 3.8) is 0 Å². The molecule has 1 aromatic heterocycles. The van der Waals surface area contributed by atoms with Crippen molar-refractivity contribution < 1.29 is 14.3 Å². The first kappa shape index (κ1) is 23.2. The van der Waals surface area contributed by atoms with Gasteiger partial charge in [-0.2, -0.15) is 0 Å². The molecule has 1 heterocycles. The summed E-state index contributed by atoms with van der Waals surface area (Å²) in [6.45, 7) is 1.86. The van der Waals surface area contributed by atoms with Crippen molar-refractivity contribution in [2.24, 2.45) is 5.73 Å². The Morgan fingerprint density at radius 2 is 1.81 bits per heavy atom. The summed E-state index contributed by atoms with van der Waals surface area (Å²) in [5.74, 6) is -0.305. The van der Waals surface area contributed by atoms with E-state index < -0.39 is 11.8 Å². The molecule has 2 aromatic carbocycles. The number of para-hydroxylation sites is 1. The first-order valence-electron chi connectivity index (χ1n) is 9.78. The maximum atomic E-state index is 12.3. The van der Waals surface area contributed by atoms with Gasteiger partial charge in [-0.15, -0.1) is 11.3 Å². The molecule has 164 valence electrons. The fourth-order valence-electron chi connectivity index (χ4n) is 3.15. The zero-order chi connectivity index (χ0) is 23.1. The average molecular weight is 466 g/mol. The van der Waals surface area contributed by atoms with Crippen molar-refractivity contribution in [2.75, 3.05) is 12.4 Å². The molecule has 0 bridgehead atoms. The molecule has 0 aliphatic rings. The van der Waals surface area contributed by atoms with Crippen LogP contribution in [0.2, 0.25) is 0 Å². The third-order valence-electron chi connectivity index (χ3n) is 4.72. The highest BCUT2D eigenvalue weighted by molar-refractivity contribution is 7.80. The van der Waals surface area contributed by atoms with Gasteiger partial charge in [0.25, 0.3) is 5.91 Å². The van der Waals surface area contributed by atoms with E-state index in [2.05, 4.69) is 10.6 Å². The molecule has 8 heteroatoms. The number of anilines is 1. The molecule has 3 aromatic rings. The third-order valence-corrected chi connectivity index (χ3v) is 6.13. The average Bonchev–Trinajstić information content (AvgIpc) is 3.07. The number of thiophene rings is 1. The van der Waals surface area contributed by atoms with Crippen molar-refractivity contribution in [2.45, 2.75) is 13.3 Å². The quantitative estimate of drug-likeness (QED) is 0.358. The number of thiocarbonyl (C=S) groups is 1. The Morgan fingerprint density at radius 3 is 2.50 bits per heavy atom. The summed E-state index contributed by atoms with van der Waals surface area (Å²) in [5, 5.41) is 6.13. The number of hydrogen-bond acceptors (Lipinski definition) is 5. The van der Waals surface area contributed by atoms with Crippen LogP contribution in [-0.2, 0) is 11.2 Å². The van der Waals surface area contributed by atoms with Gasteiger partial charge in [-0.05, 0) is 42.4 Å². The summed E-state index contributed by atoms with van der Waals surface area (Å²) in [5.41, 5.74) is 8.68. The lowest BCUT2D eigenvalue weighted by Gasteiger charge is -2.08. The van der Waals surface area contributed by atoms with Crippen LogP contribution in [0.1, 0.15) is 31.9 Å². The van der Waals surface area contributed by atoms with Crippen molar-refractivity contribution in [1.82, 2.24) is 5.32 Å². The number of amides is 2. The van der Waals surface area contributed by atoms with Crippen LogP contribution in [-0.4, -0.2) is 24.0 Å². The van der Waals surface area contributed by atoms with Gasteiger partial charge in [0.05, 0.1) is 12.7 Å². The van der Waals surface area contributed by atoms with Gasteiger partial charge in [0.2, 0.25) is 5.91 Å². The largest absolute Gasteiger partial charge is 0.496 e. The van der Waals surface area contributed by atoms with Crippen molar-refractivity contribution in [3.05, 3.63) is 87.8 Å². The fraction of sp³-hybridized carbons (Fsp3) is 0.125. The van der Waals surface area contributed by atoms with Crippen LogP contribution in [0.5, 0.6) is 5.75 Å². The first-order valence-corrected chi connectivity index (χ1v) is 11.0. The van der Waals surface area contributed by atoms with E-state index in [1.165, 1.54) is 17.4 Å². The monoisotopic (exact) mass is 465 g/mol. The number of carbonyl (C=O) groups is 2. The zero-order valence-corrected chi connectivity index (χ0v) is 19.3. The molecule has 0 unspecified atom stereocenters. The van der Waals surface area contributed by atoms with Crippen LogP contribution in [0, 0.1) is 6.92 Å². The summed E-state index contributed by atoms with van der Waals surface area (Å²) >= 11 is 6.67. The van der Waals surface area contributed by atoms with E-state index in [9.17, 15) is 9.59 Å². The zero-order valence-electron chi connectivity index (χ0n) is 17.7. The molecule has 0 aliphatic heterocycles. The summed E-state index contributed by atoms with van der Waals surface area (Å²) in [6, 6.07) is 17.3.